The first kappa shape index (κ1) is 128. The van der Waals surface area contributed by atoms with Gasteiger partial charge in [0.15, 0.2) is 23.3 Å². The van der Waals surface area contributed by atoms with Crippen LogP contribution in [0.15, 0.2) is 160 Å². The lowest BCUT2D eigenvalue weighted by atomic mass is 9.89. The molecule has 0 saturated carbocycles. The van der Waals surface area contributed by atoms with Gasteiger partial charge in [0, 0.05) is 13.0 Å². The summed E-state index contributed by atoms with van der Waals surface area (Å²) in [5.41, 5.74) is -34.0. The van der Waals surface area contributed by atoms with Crippen molar-refractivity contribution in [2.24, 2.45) is 0 Å². The lowest BCUT2D eigenvalue weighted by molar-refractivity contribution is -0.191. The molecule has 0 bridgehead atoms. The predicted octanol–water partition coefficient (Wildman–Crippen LogP) is 18.8. The Bertz CT molecular complexity index is 6500. The molecule has 138 heavy (non-hydrogen) atoms. The molecular formula is C61H23F45O24S8-8. The zero-order valence-electron chi connectivity index (χ0n) is 62.6. The van der Waals surface area contributed by atoms with Crippen LogP contribution in [0.5, 0.6) is 0 Å². The van der Waals surface area contributed by atoms with Gasteiger partial charge in [-0.1, -0.05) is 30.3 Å². The quantitative estimate of drug-likeness (QED) is 0.0590. The van der Waals surface area contributed by atoms with Crippen molar-refractivity contribution in [1.82, 2.24) is 0 Å². The van der Waals surface area contributed by atoms with E-state index < -0.39 is 309 Å². The zero-order valence-corrected chi connectivity index (χ0v) is 69.2. The van der Waals surface area contributed by atoms with Crippen molar-refractivity contribution in [2.75, 3.05) is 0 Å². The molecule has 8 rings (SSSR count). The number of alkyl halides is 36. The molecule has 0 aliphatic carbocycles. The second-order valence-corrected chi connectivity index (χ2v) is 34.4. The predicted molar refractivity (Wildman–Crippen MR) is 342 cm³/mol. The fraction of sp³-hybridized carbons (Fsp3) is 0.213. The molecule has 0 heterocycles. The van der Waals surface area contributed by atoms with Crippen molar-refractivity contribution < 1.29 is 301 Å². The van der Waals surface area contributed by atoms with E-state index in [1.807, 2.05) is 0 Å². The van der Waals surface area contributed by atoms with Crippen LogP contribution in [0.1, 0.15) is 68.1 Å². The Hall–Kier alpha value is -10.1. The summed E-state index contributed by atoms with van der Waals surface area (Å²) < 4.78 is 810. The smallest absolute Gasteiger partial charge is 0.418 e. The molecule has 0 N–H and O–H groups in total. The fourth-order valence-electron chi connectivity index (χ4n) is 8.62. The molecular weight excluding hydrogens is 2230 g/mol. The molecule has 0 saturated heterocycles. The van der Waals surface area contributed by atoms with Gasteiger partial charge in [0.2, 0.25) is 5.82 Å². The topological polar surface area (TPSA) is 458 Å². The maximum Gasteiger partial charge on any atom is 0.418 e. The van der Waals surface area contributed by atoms with Crippen LogP contribution in [0.4, 0.5) is 198 Å². The Kier molecular flexibility index (Phi) is 40.7. The van der Waals surface area contributed by atoms with Crippen molar-refractivity contribution in [1.29, 1.82) is 0 Å². The van der Waals surface area contributed by atoms with Crippen LogP contribution in [-0.4, -0.2) is 110 Å². The molecule has 0 aliphatic rings. The number of halogens is 45. The molecule has 0 amide bonds. The summed E-state index contributed by atoms with van der Waals surface area (Å²) in [6.45, 7) is 0.188. The second-order valence-electron chi connectivity index (χ2n) is 23.6. The largest absolute Gasteiger partial charge is 0.744 e. The highest BCUT2D eigenvalue weighted by atomic mass is 32.2. The van der Waals surface area contributed by atoms with Crippen LogP contribution in [0.2, 0.25) is 0 Å². The molecule has 0 radical (unpaired) electrons. The lowest BCUT2D eigenvalue weighted by Gasteiger charge is -2.31. The van der Waals surface area contributed by atoms with Crippen LogP contribution >= 0.6 is 0 Å². The Balaban J connectivity index is 0.00000157. The van der Waals surface area contributed by atoms with E-state index in [0.717, 1.165) is 6.07 Å². The maximum atomic E-state index is 13.0. The number of rotatable bonds is 8. The Morgan fingerprint density at radius 3 is 0.696 bits per heavy atom. The van der Waals surface area contributed by atoms with Crippen LogP contribution in [0.3, 0.4) is 0 Å². The van der Waals surface area contributed by atoms with Crippen LogP contribution in [0, 0.1) is 52.4 Å². The van der Waals surface area contributed by atoms with Crippen LogP contribution in [0.25, 0.3) is 0 Å². The minimum atomic E-state index is -7.52. The lowest BCUT2D eigenvalue weighted by Crippen LogP contribution is -2.34. The molecule has 8 aromatic carbocycles. The summed E-state index contributed by atoms with van der Waals surface area (Å²) >= 11 is 0. The third kappa shape index (κ3) is 38.8. The molecule has 0 fully saturated rings. The molecule has 0 aliphatic heterocycles. The van der Waals surface area contributed by atoms with Gasteiger partial charge in [-0.25, -0.2) is 107 Å². The van der Waals surface area contributed by atoms with Gasteiger partial charge in [-0.2, -0.15) is 158 Å². The van der Waals surface area contributed by atoms with Crippen molar-refractivity contribution in [3.63, 3.8) is 0 Å². The highest BCUT2D eigenvalue weighted by Crippen LogP contribution is 2.58. The molecule has 0 atom stereocenters. The molecule has 8 aromatic rings. The van der Waals surface area contributed by atoms with Gasteiger partial charge < -0.3 is 36.4 Å². The van der Waals surface area contributed by atoms with E-state index in [1.54, 1.807) is 6.07 Å². The highest BCUT2D eigenvalue weighted by Gasteiger charge is 2.62. The molecule has 24 nitrogen and oxygen atoms in total. The van der Waals surface area contributed by atoms with Gasteiger partial charge in [0.1, 0.15) is 114 Å². The average molecular weight is 2250 g/mol. The number of benzene rings is 8. The Morgan fingerprint density at radius 2 is 0.464 bits per heavy atom. The van der Waals surface area contributed by atoms with Gasteiger partial charge >= 0.3 is 74.1 Å². The molecule has 782 valence electrons. The highest BCUT2D eigenvalue weighted by molar-refractivity contribution is 7.87. The Morgan fingerprint density at radius 1 is 0.203 bits per heavy atom. The van der Waals surface area contributed by atoms with Gasteiger partial charge in [-0.15, -0.1) is 0 Å². The Labute approximate surface area is 734 Å². The number of hydrogen-bond acceptors (Lipinski definition) is 24. The van der Waals surface area contributed by atoms with E-state index in [2.05, 4.69) is 0 Å². The zero-order chi connectivity index (χ0) is 110. The summed E-state index contributed by atoms with van der Waals surface area (Å²) in [6, 6.07) is 10.7. The van der Waals surface area contributed by atoms with Gasteiger partial charge in [0.25, 0.3) is 0 Å². The van der Waals surface area contributed by atoms with E-state index in [1.165, 1.54) is 24.3 Å². The fourth-order valence-corrected chi connectivity index (χ4v) is 13.9. The van der Waals surface area contributed by atoms with Crippen LogP contribution < -0.4 is 0 Å². The SMILES string of the molecule is CC(F)(F)F.O=S(=O)([O-])c1c(C(F)(F)F)c(C(F)(F)F)c(C(F)(F)F)c(C(F)(F)F)c1C(F)(F)F.O=S(=O)([O-])c1c(C(F)(F)F)cccc1C(F)(F)F.O=S(=O)([O-])c1c(F)c(F)c(F)c(F)c1F.O=S(=O)([O-])c1c(F)cccc1F.O=S(=O)([O-])c1cc(C(F)(F)F)cc(C(F)(F)F)c1.O=S(=O)([O-])c1cc(F)cc(F)c1.O=S(=O)([O-])c1ccc(C(F)(F)F)cc1C(F)(F)F.O=S(=O)([O-])c1ccccc1. The van der Waals surface area contributed by atoms with E-state index >= 15 is 0 Å². The maximum absolute atomic E-state index is 13.0. The minimum Gasteiger partial charge on any atom is -0.744 e. The van der Waals surface area contributed by atoms with E-state index in [4.69, 9.17) is 0 Å². The molecule has 77 heteroatoms. The summed E-state index contributed by atoms with van der Waals surface area (Å²) in [4.78, 5) is -14.7. The first-order valence-corrected chi connectivity index (χ1v) is 42.3. The molecule has 0 unspecified atom stereocenters. The van der Waals surface area contributed by atoms with E-state index in [9.17, 15) is 301 Å². The monoisotopic (exact) mass is 2250 g/mol. The second kappa shape index (κ2) is 44.0. The van der Waals surface area contributed by atoms with Crippen molar-refractivity contribution in [3.8, 4) is 0 Å². The molecule has 0 spiro atoms. The van der Waals surface area contributed by atoms with Crippen LogP contribution in [-0.2, 0) is 149 Å². The van der Waals surface area contributed by atoms with E-state index in [0.29, 0.717) is 36.4 Å². The first-order valence-electron chi connectivity index (χ1n) is 31.0. The third-order valence-electron chi connectivity index (χ3n) is 13.5. The summed E-state index contributed by atoms with van der Waals surface area (Å²) in [6.07, 6.45) is -71.2. The normalized spacial score (nSPS) is 13.2. The van der Waals surface area contributed by atoms with Crippen molar-refractivity contribution in [2.45, 2.75) is 120 Å². The van der Waals surface area contributed by atoms with Crippen molar-refractivity contribution in [3.05, 3.63) is 235 Å². The van der Waals surface area contributed by atoms with Gasteiger partial charge in [0.05, 0.1) is 90.6 Å². The molecule has 0 aromatic heterocycles. The standard InChI is InChI=1S/C11HF15O3S.3C8H4F6O3S.C6HF5O3S.2C6H4F2O3S.C6H6O3S.C2H3F3/c12-7(13,14)1-2(8(15,16)17)4(10(21,22)23)6(30(27,28)29)5(11(24,25)26)3(1)9(18,19)20;9-7(10,11)4-1-5(8(12,13)14)3-6(2-4)18(15,16)17;9-7(10,11)4-1-2-6(18(15,16)17)5(3-4)8(12,13)14;9-7(10,11)4-2-1-3-5(8(12,13)14)6(4)18(15,16)17;7-1-2(8)4(10)6(15(12,13)14)5(11)3(1)9;7-4-1-5(8)3-6(2-4)12(9,10)11;7-4-2-1-3-5(8)6(4)12(9,10)11;7-10(8,9)6-4-2-1-3-5-6;1-2(3,4)5/h(H,27,28,29);3*1-3H,(H,15,16,17);(H,12,13,14);2*1-3H,(H,9,10,11);1-5H,(H,7,8,9);1H3/p-8. The summed E-state index contributed by atoms with van der Waals surface area (Å²) in [5, 5.41) is 0. The summed E-state index contributed by atoms with van der Waals surface area (Å²) in [5.74, 6) is -17.8. The average Bonchev–Trinajstić information content (AvgIpc) is 0.694. The van der Waals surface area contributed by atoms with Crippen molar-refractivity contribution >= 4 is 80.9 Å². The number of hydrogen-bond donors (Lipinski definition) is 0. The minimum absolute atomic E-state index is 0.00597. The van der Waals surface area contributed by atoms with Gasteiger partial charge in [-0.05, 0) is 84.9 Å². The van der Waals surface area contributed by atoms with Gasteiger partial charge in [-0.3, -0.25) is 0 Å². The summed E-state index contributed by atoms with van der Waals surface area (Å²) in [7, 11) is -44.2. The first-order chi connectivity index (χ1) is 60.3. The van der Waals surface area contributed by atoms with E-state index in [-0.39, 0.29) is 54.3 Å². The third-order valence-corrected chi connectivity index (χ3v) is 20.4.